The first kappa shape index (κ1) is 23.6. The van der Waals surface area contributed by atoms with E-state index in [1.54, 1.807) is 0 Å². The summed E-state index contributed by atoms with van der Waals surface area (Å²) in [7, 11) is -1.24. The van der Waals surface area contributed by atoms with Crippen LogP contribution in [-0.2, 0) is 15.8 Å². The number of fused-ring (bicyclic) bond motifs is 3. The lowest BCUT2D eigenvalue weighted by Crippen LogP contribution is -2.66. The van der Waals surface area contributed by atoms with Crippen molar-refractivity contribution in [3.63, 3.8) is 0 Å². The lowest BCUT2D eigenvalue weighted by molar-refractivity contribution is -0.157. The van der Waals surface area contributed by atoms with Crippen LogP contribution in [0.5, 0.6) is 0 Å². The van der Waals surface area contributed by atoms with Crippen LogP contribution in [0.4, 0.5) is 0 Å². The summed E-state index contributed by atoms with van der Waals surface area (Å²) in [6, 6.07) is 8.46. The second-order valence-electron chi connectivity index (χ2n) is 9.46. The van der Waals surface area contributed by atoms with Crippen LogP contribution in [-0.4, -0.2) is 37.6 Å². The number of amides is 1. The maximum absolute atomic E-state index is 13.2. The van der Waals surface area contributed by atoms with Gasteiger partial charge in [0.2, 0.25) is 5.91 Å². The lowest BCUT2D eigenvalue weighted by atomic mass is 9.65. The third-order valence-electron chi connectivity index (χ3n) is 6.32. The minimum atomic E-state index is -1.24. The average molecular weight is 449 g/mol. The van der Waals surface area contributed by atoms with Gasteiger partial charge < -0.3 is 4.90 Å². The topological polar surface area (TPSA) is 49.4 Å². The van der Waals surface area contributed by atoms with Crippen molar-refractivity contribution in [3.05, 3.63) is 42.5 Å². The molecule has 2 heterocycles. The van der Waals surface area contributed by atoms with E-state index in [9.17, 15) is 9.00 Å². The van der Waals surface area contributed by atoms with Gasteiger partial charge in [-0.15, -0.1) is 18.3 Å². The SMILES string of the molecule is C=CCN1C(=O)C2CCC1([C@@H](NS(=O)C(C)(C)C)c1ccc(SCCC)cc1)CC2. The molecule has 1 aliphatic carbocycles. The zero-order chi connectivity index (χ0) is 21.9. The fourth-order valence-electron chi connectivity index (χ4n) is 4.67. The minimum absolute atomic E-state index is 0.133. The van der Waals surface area contributed by atoms with Gasteiger partial charge in [-0.2, -0.15) is 0 Å². The zero-order valence-corrected chi connectivity index (χ0v) is 20.4. The largest absolute Gasteiger partial charge is 0.331 e. The van der Waals surface area contributed by atoms with Crippen LogP contribution in [0.2, 0.25) is 0 Å². The van der Waals surface area contributed by atoms with Crippen molar-refractivity contribution < 1.29 is 9.00 Å². The molecule has 166 valence electrons. The summed E-state index contributed by atoms with van der Waals surface area (Å²) >= 11 is 1.86. The molecular weight excluding hydrogens is 412 g/mol. The zero-order valence-electron chi connectivity index (χ0n) is 18.8. The third kappa shape index (κ3) is 4.71. The molecule has 1 saturated carbocycles. The monoisotopic (exact) mass is 448 g/mol. The molecule has 30 heavy (non-hydrogen) atoms. The Kier molecular flexibility index (Phi) is 7.52. The molecule has 3 aliphatic rings. The Bertz CT molecular complexity index is 777. The van der Waals surface area contributed by atoms with E-state index in [-0.39, 0.29) is 28.2 Å². The molecule has 1 amide bonds. The molecule has 0 spiro atoms. The van der Waals surface area contributed by atoms with Crippen molar-refractivity contribution in [2.75, 3.05) is 12.3 Å². The highest BCUT2D eigenvalue weighted by molar-refractivity contribution is 7.99. The number of piperidine rings is 2. The molecule has 6 heteroatoms. The number of hydrogen-bond donors (Lipinski definition) is 1. The molecule has 2 saturated heterocycles. The first-order valence-electron chi connectivity index (χ1n) is 11.1. The highest BCUT2D eigenvalue weighted by atomic mass is 32.2. The first-order chi connectivity index (χ1) is 14.2. The second-order valence-corrected chi connectivity index (χ2v) is 12.6. The lowest BCUT2D eigenvalue weighted by Gasteiger charge is -2.57. The Morgan fingerprint density at radius 2 is 1.93 bits per heavy atom. The highest BCUT2D eigenvalue weighted by Gasteiger charge is 2.55. The fourth-order valence-corrected chi connectivity index (χ4v) is 6.36. The van der Waals surface area contributed by atoms with E-state index in [4.69, 9.17) is 0 Å². The molecule has 0 aromatic heterocycles. The molecule has 2 bridgehead atoms. The van der Waals surface area contributed by atoms with Gasteiger partial charge in [-0.05, 0) is 76.3 Å². The van der Waals surface area contributed by atoms with Gasteiger partial charge in [0, 0.05) is 17.4 Å². The van der Waals surface area contributed by atoms with Gasteiger partial charge in [0.15, 0.2) is 0 Å². The number of carbonyl (C=O) groups excluding carboxylic acids is 1. The average Bonchev–Trinajstić information content (AvgIpc) is 2.73. The van der Waals surface area contributed by atoms with Crippen LogP contribution < -0.4 is 4.72 Å². The maximum Gasteiger partial charge on any atom is 0.226 e. The van der Waals surface area contributed by atoms with Gasteiger partial charge in [-0.1, -0.05) is 25.1 Å². The predicted molar refractivity (Wildman–Crippen MR) is 128 cm³/mol. The summed E-state index contributed by atoms with van der Waals surface area (Å²) in [4.78, 5) is 16.4. The van der Waals surface area contributed by atoms with Crippen LogP contribution in [0.15, 0.2) is 41.8 Å². The number of nitrogens with zero attached hydrogens (tertiary/aromatic N) is 1. The van der Waals surface area contributed by atoms with Crippen molar-refractivity contribution >= 4 is 28.7 Å². The summed E-state index contributed by atoms with van der Waals surface area (Å²) in [6.07, 6.45) is 6.66. The van der Waals surface area contributed by atoms with Gasteiger partial charge in [-0.3, -0.25) is 4.79 Å². The molecule has 1 aromatic carbocycles. The van der Waals surface area contributed by atoms with E-state index in [1.807, 2.05) is 43.5 Å². The normalized spacial score (nSPS) is 25.9. The van der Waals surface area contributed by atoms with Crippen LogP contribution in [0.3, 0.4) is 0 Å². The Hall–Kier alpha value is -1.11. The van der Waals surface area contributed by atoms with Crippen LogP contribution in [0, 0.1) is 5.92 Å². The van der Waals surface area contributed by atoms with E-state index in [1.165, 1.54) is 4.90 Å². The number of thioether (sulfide) groups is 1. The summed E-state index contributed by atoms with van der Waals surface area (Å²) < 4.78 is 16.3. The number of rotatable bonds is 9. The molecule has 3 fully saturated rings. The summed E-state index contributed by atoms with van der Waals surface area (Å²) in [5, 5.41) is 0. The van der Waals surface area contributed by atoms with Crippen molar-refractivity contribution in [1.29, 1.82) is 0 Å². The minimum Gasteiger partial charge on any atom is -0.331 e. The van der Waals surface area contributed by atoms with Gasteiger partial charge in [0.05, 0.1) is 27.3 Å². The van der Waals surface area contributed by atoms with Gasteiger partial charge in [-0.25, -0.2) is 8.93 Å². The third-order valence-corrected chi connectivity index (χ3v) is 9.10. The van der Waals surface area contributed by atoms with E-state index in [0.717, 1.165) is 43.4 Å². The molecule has 0 radical (unpaired) electrons. The van der Waals surface area contributed by atoms with Gasteiger partial charge in [0.25, 0.3) is 0 Å². The van der Waals surface area contributed by atoms with E-state index >= 15 is 0 Å². The van der Waals surface area contributed by atoms with Crippen molar-refractivity contribution in [3.8, 4) is 0 Å². The molecule has 2 atom stereocenters. The van der Waals surface area contributed by atoms with Crippen molar-refractivity contribution in [1.82, 2.24) is 9.62 Å². The van der Waals surface area contributed by atoms with Crippen molar-refractivity contribution in [2.24, 2.45) is 5.92 Å². The number of hydrogen-bond acceptors (Lipinski definition) is 3. The summed E-state index contributed by atoms with van der Waals surface area (Å²) in [6.45, 7) is 12.6. The molecule has 2 aliphatic heterocycles. The highest BCUT2D eigenvalue weighted by Crippen LogP contribution is 2.50. The standard InChI is InChI=1S/C24H36N2O2S2/c1-6-16-26-22(27)19-12-14-24(26,15-13-19)21(25-30(28)23(3,4)5)18-8-10-20(11-9-18)29-17-7-2/h6,8-11,19,21,25H,1,7,12-17H2,2-5H3/t19?,21-,24?,30?/m0/s1. The molecule has 1 aromatic rings. The molecule has 4 rings (SSSR count). The number of nitrogens with one attached hydrogen (secondary N) is 1. The first-order valence-corrected chi connectivity index (χ1v) is 13.2. The quantitative estimate of drug-likeness (QED) is 0.415. The van der Waals surface area contributed by atoms with Crippen LogP contribution >= 0.6 is 11.8 Å². The number of carbonyl (C=O) groups is 1. The van der Waals surface area contributed by atoms with Crippen LogP contribution in [0.1, 0.15) is 71.4 Å². The van der Waals surface area contributed by atoms with E-state index in [2.05, 4.69) is 42.5 Å². The molecule has 1 N–H and O–H groups in total. The fraction of sp³-hybridized carbons (Fsp3) is 0.625. The van der Waals surface area contributed by atoms with Crippen LogP contribution in [0.25, 0.3) is 0 Å². The molecule has 4 nitrogen and oxygen atoms in total. The smallest absolute Gasteiger partial charge is 0.226 e. The Morgan fingerprint density at radius 1 is 1.30 bits per heavy atom. The van der Waals surface area contributed by atoms with Gasteiger partial charge >= 0.3 is 0 Å². The number of benzene rings is 1. The molecular formula is C24H36N2O2S2. The molecule has 1 unspecified atom stereocenters. The van der Waals surface area contributed by atoms with Crippen molar-refractivity contribution in [2.45, 2.75) is 81.0 Å². The summed E-state index contributed by atoms with van der Waals surface area (Å²) in [5.74, 6) is 1.46. The Morgan fingerprint density at radius 3 is 2.47 bits per heavy atom. The summed E-state index contributed by atoms with van der Waals surface area (Å²) in [5.41, 5.74) is 0.745. The van der Waals surface area contributed by atoms with Gasteiger partial charge in [0.1, 0.15) is 0 Å². The Balaban J connectivity index is 2.01. The Labute approximate surface area is 188 Å². The van der Waals surface area contributed by atoms with E-state index < -0.39 is 11.0 Å². The maximum atomic E-state index is 13.2. The van der Waals surface area contributed by atoms with E-state index in [0.29, 0.717) is 6.54 Å². The predicted octanol–water partition coefficient (Wildman–Crippen LogP) is 5.24. The second kappa shape index (κ2) is 9.58.